The second kappa shape index (κ2) is 8.58. The highest BCUT2D eigenvalue weighted by atomic mass is 16.2. The summed E-state index contributed by atoms with van der Waals surface area (Å²) in [6.07, 6.45) is 7.64. The summed E-state index contributed by atoms with van der Waals surface area (Å²) in [7, 11) is 0. The number of anilines is 1. The number of aromatic nitrogens is 4. The van der Waals surface area contributed by atoms with Crippen LogP contribution in [0, 0.1) is 23.7 Å². The minimum absolute atomic E-state index is 0.150. The quantitative estimate of drug-likeness (QED) is 0.664. The van der Waals surface area contributed by atoms with E-state index in [4.69, 9.17) is 4.98 Å². The van der Waals surface area contributed by atoms with E-state index < -0.39 is 0 Å². The van der Waals surface area contributed by atoms with E-state index in [0.29, 0.717) is 16.8 Å². The molecular formula is C24H29N7O. The summed E-state index contributed by atoms with van der Waals surface area (Å²) in [5.41, 5.74) is 3.24. The first-order chi connectivity index (χ1) is 15.4. The third-order valence-corrected chi connectivity index (χ3v) is 6.38. The molecule has 0 aromatic carbocycles. The Morgan fingerprint density at radius 3 is 2.62 bits per heavy atom. The molecule has 0 radical (unpaired) electrons. The predicted molar refractivity (Wildman–Crippen MR) is 123 cm³/mol. The number of carbonyl (C=O) groups is 1. The van der Waals surface area contributed by atoms with Gasteiger partial charge in [-0.2, -0.15) is 10.4 Å². The van der Waals surface area contributed by atoms with E-state index in [9.17, 15) is 10.1 Å². The van der Waals surface area contributed by atoms with E-state index >= 15 is 0 Å². The molecule has 3 aromatic heterocycles. The number of piperidine rings is 1. The van der Waals surface area contributed by atoms with E-state index in [1.807, 2.05) is 39.1 Å². The molecule has 0 spiro atoms. The number of nitrogens with zero attached hydrogens (tertiary/aromatic N) is 6. The monoisotopic (exact) mass is 431 g/mol. The minimum atomic E-state index is -0.298. The Kier molecular flexibility index (Phi) is 5.83. The molecule has 1 N–H and O–H groups in total. The number of nitriles is 1. The molecule has 1 amide bonds. The van der Waals surface area contributed by atoms with Crippen molar-refractivity contribution in [3.63, 3.8) is 0 Å². The molecule has 8 nitrogen and oxygen atoms in total. The van der Waals surface area contributed by atoms with Gasteiger partial charge in [-0.3, -0.25) is 4.79 Å². The van der Waals surface area contributed by atoms with Crippen LogP contribution in [0.4, 0.5) is 5.82 Å². The van der Waals surface area contributed by atoms with Crippen molar-refractivity contribution in [2.45, 2.75) is 53.0 Å². The van der Waals surface area contributed by atoms with Gasteiger partial charge in [-0.05, 0) is 52.2 Å². The van der Waals surface area contributed by atoms with Crippen molar-refractivity contribution >= 4 is 17.2 Å². The summed E-state index contributed by atoms with van der Waals surface area (Å²) < 4.78 is 1.70. The number of fused-ring (bicyclic) bond motifs is 1. The van der Waals surface area contributed by atoms with Gasteiger partial charge in [0.2, 0.25) is 5.91 Å². The third-order valence-electron chi connectivity index (χ3n) is 6.38. The summed E-state index contributed by atoms with van der Waals surface area (Å²) in [4.78, 5) is 24.4. The fraction of sp³-hybridized carbons (Fsp3) is 0.458. The van der Waals surface area contributed by atoms with Crippen molar-refractivity contribution < 1.29 is 4.79 Å². The van der Waals surface area contributed by atoms with Crippen molar-refractivity contribution in [3.05, 3.63) is 42.0 Å². The molecule has 0 bridgehead atoms. The number of hydrogen-bond acceptors (Lipinski definition) is 6. The number of rotatable bonds is 5. The van der Waals surface area contributed by atoms with Crippen LogP contribution < -0.4 is 10.2 Å². The Labute approximate surface area is 188 Å². The molecule has 0 aliphatic carbocycles. The smallest absolute Gasteiger partial charge is 0.226 e. The highest BCUT2D eigenvalue weighted by Gasteiger charge is 2.40. The van der Waals surface area contributed by atoms with Crippen LogP contribution in [0.1, 0.15) is 51.3 Å². The summed E-state index contributed by atoms with van der Waals surface area (Å²) in [5, 5.41) is 16.8. The molecule has 0 saturated carbocycles. The normalized spacial score (nSPS) is 15.7. The predicted octanol–water partition coefficient (Wildman–Crippen LogP) is 3.49. The summed E-state index contributed by atoms with van der Waals surface area (Å²) in [6.45, 7) is 9.59. The minimum Gasteiger partial charge on any atom is -0.357 e. The Balaban J connectivity index is 1.55. The van der Waals surface area contributed by atoms with E-state index in [1.165, 1.54) is 0 Å². The maximum atomic E-state index is 12.8. The van der Waals surface area contributed by atoms with Gasteiger partial charge in [0.15, 0.2) is 0 Å². The average molecular weight is 432 g/mol. The number of aryl methyl sites for hydroxylation is 1. The zero-order valence-electron chi connectivity index (χ0n) is 19.1. The SMILES string of the molecule is CCC1(C(=O)NC(C)C)CCN(c2ccc(-c3nc(C)cn4ncc(C#N)c34)cn2)CC1. The van der Waals surface area contributed by atoms with Gasteiger partial charge in [0.05, 0.1) is 29.2 Å². The number of nitrogens with one attached hydrogen (secondary N) is 1. The van der Waals surface area contributed by atoms with Crippen molar-refractivity contribution in [2.75, 3.05) is 18.0 Å². The van der Waals surface area contributed by atoms with Gasteiger partial charge in [-0.25, -0.2) is 14.5 Å². The van der Waals surface area contributed by atoms with Crippen LogP contribution in [0.3, 0.4) is 0 Å². The van der Waals surface area contributed by atoms with E-state index in [1.54, 1.807) is 16.9 Å². The Bertz CT molecular complexity index is 1170. The second-order valence-corrected chi connectivity index (χ2v) is 8.85. The first-order valence-electron chi connectivity index (χ1n) is 11.1. The Morgan fingerprint density at radius 1 is 1.28 bits per heavy atom. The fourth-order valence-electron chi connectivity index (χ4n) is 4.45. The number of hydrogen-bond donors (Lipinski definition) is 1. The molecule has 32 heavy (non-hydrogen) atoms. The molecule has 1 saturated heterocycles. The third kappa shape index (κ3) is 3.91. The molecule has 4 heterocycles. The molecule has 1 fully saturated rings. The lowest BCUT2D eigenvalue weighted by atomic mass is 9.75. The molecule has 0 atom stereocenters. The van der Waals surface area contributed by atoms with Crippen molar-refractivity contribution in [3.8, 4) is 17.3 Å². The van der Waals surface area contributed by atoms with Gasteiger partial charge in [-0.1, -0.05) is 6.92 Å². The molecular weight excluding hydrogens is 402 g/mol. The van der Waals surface area contributed by atoms with Crippen LogP contribution in [0.15, 0.2) is 30.7 Å². The number of pyridine rings is 1. The van der Waals surface area contributed by atoms with Crippen LogP contribution in [0.5, 0.6) is 0 Å². The lowest BCUT2D eigenvalue weighted by molar-refractivity contribution is -0.133. The van der Waals surface area contributed by atoms with Crippen molar-refractivity contribution in [1.82, 2.24) is 24.9 Å². The lowest BCUT2D eigenvalue weighted by Gasteiger charge is -2.41. The molecule has 1 aliphatic heterocycles. The van der Waals surface area contributed by atoms with E-state index in [-0.39, 0.29) is 17.4 Å². The first kappa shape index (κ1) is 21.8. The second-order valence-electron chi connectivity index (χ2n) is 8.85. The maximum absolute atomic E-state index is 12.8. The van der Waals surface area contributed by atoms with Gasteiger partial charge >= 0.3 is 0 Å². The van der Waals surface area contributed by atoms with Crippen molar-refractivity contribution in [2.24, 2.45) is 5.41 Å². The fourth-order valence-corrected chi connectivity index (χ4v) is 4.45. The zero-order chi connectivity index (χ0) is 22.9. The van der Waals surface area contributed by atoms with Crippen LogP contribution >= 0.6 is 0 Å². The Hall–Kier alpha value is -3.47. The van der Waals surface area contributed by atoms with Crippen LogP contribution in [-0.4, -0.2) is 44.6 Å². The van der Waals surface area contributed by atoms with Crippen LogP contribution in [0.2, 0.25) is 0 Å². The standard InChI is InChI=1S/C24H29N7O/c1-5-24(23(32)28-16(2)3)8-10-30(11-9-24)20-7-6-18(13-26-20)21-22-19(12-25)14-27-31(22)15-17(4)29-21/h6-7,13-16H,5,8-11H2,1-4H3,(H,28,32). The molecule has 3 aromatic rings. The highest BCUT2D eigenvalue weighted by Crippen LogP contribution is 2.37. The van der Waals surface area contributed by atoms with Crippen LogP contribution in [0.25, 0.3) is 16.8 Å². The van der Waals surface area contributed by atoms with E-state index in [0.717, 1.165) is 49.4 Å². The largest absolute Gasteiger partial charge is 0.357 e. The molecule has 1 aliphatic rings. The zero-order valence-corrected chi connectivity index (χ0v) is 19.1. The van der Waals surface area contributed by atoms with Gasteiger partial charge in [0, 0.05) is 30.9 Å². The topological polar surface area (TPSA) is 99.2 Å². The summed E-state index contributed by atoms with van der Waals surface area (Å²) in [6, 6.07) is 6.33. The summed E-state index contributed by atoms with van der Waals surface area (Å²) in [5.74, 6) is 1.06. The van der Waals surface area contributed by atoms with Crippen molar-refractivity contribution in [1.29, 1.82) is 5.26 Å². The number of amides is 1. The first-order valence-corrected chi connectivity index (χ1v) is 11.1. The van der Waals surface area contributed by atoms with Gasteiger partial charge in [-0.15, -0.1) is 0 Å². The molecule has 4 rings (SSSR count). The van der Waals surface area contributed by atoms with Gasteiger partial charge in [0.25, 0.3) is 0 Å². The number of carbonyl (C=O) groups excluding carboxylic acids is 1. The van der Waals surface area contributed by atoms with Crippen LogP contribution in [-0.2, 0) is 4.79 Å². The maximum Gasteiger partial charge on any atom is 0.226 e. The van der Waals surface area contributed by atoms with E-state index in [2.05, 4.69) is 33.3 Å². The van der Waals surface area contributed by atoms with Gasteiger partial charge in [0.1, 0.15) is 23.0 Å². The molecule has 8 heteroatoms. The Morgan fingerprint density at radius 2 is 2.03 bits per heavy atom. The molecule has 0 unspecified atom stereocenters. The molecule has 166 valence electrons. The summed E-state index contributed by atoms with van der Waals surface area (Å²) >= 11 is 0. The highest BCUT2D eigenvalue weighted by molar-refractivity contribution is 5.83. The van der Waals surface area contributed by atoms with Gasteiger partial charge < -0.3 is 10.2 Å². The average Bonchev–Trinajstić information content (AvgIpc) is 3.21. The lowest BCUT2D eigenvalue weighted by Crippen LogP contribution is -2.50.